The number of carbonyl (C=O) groups excluding carboxylic acids is 3. The second-order valence-electron chi connectivity index (χ2n) is 6.47. The lowest BCUT2D eigenvalue weighted by molar-refractivity contribution is -0.121. The third-order valence-corrected chi connectivity index (χ3v) is 5.07. The number of anilines is 1. The van der Waals surface area contributed by atoms with Crippen molar-refractivity contribution < 1.29 is 19.1 Å². The van der Waals surface area contributed by atoms with Gasteiger partial charge in [-0.3, -0.25) is 14.2 Å². The molecule has 0 aliphatic heterocycles. The largest absolute Gasteiger partial charge is 0.451 e. The van der Waals surface area contributed by atoms with E-state index in [0.29, 0.717) is 10.8 Å². The van der Waals surface area contributed by atoms with Gasteiger partial charge in [0, 0.05) is 24.3 Å². The van der Waals surface area contributed by atoms with Crippen molar-refractivity contribution in [2.45, 2.75) is 11.6 Å². The number of carbonyl (C=O) groups is 3. The monoisotopic (exact) mass is 438 g/mol. The molecule has 2 aromatic carbocycles. The molecule has 0 saturated carbocycles. The van der Waals surface area contributed by atoms with Crippen LogP contribution in [0.3, 0.4) is 0 Å². The number of aromatic nitrogens is 2. The lowest BCUT2D eigenvalue weighted by Gasteiger charge is -2.22. The van der Waals surface area contributed by atoms with Crippen LogP contribution >= 0.6 is 11.8 Å². The zero-order valence-electron chi connectivity index (χ0n) is 16.9. The van der Waals surface area contributed by atoms with Gasteiger partial charge in [0.05, 0.1) is 6.20 Å². The summed E-state index contributed by atoms with van der Waals surface area (Å²) in [7, 11) is 0. The maximum atomic E-state index is 12.8. The fraction of sp³-hybridized carbons (Fsp3) is 0.182. The van der Waals surface area contributed by atoms with E-state index in [2.05, 4.69) is 4.98 Å². The molecule has 1 heterocycles. The Hall–Kier alpha value is -3.59. The Morgan fingerprint density at radius 1 is 1.06 bits per heavy atom. The van der Waals surface area contributed by atoms with Gasteiger partial charge >= 0.3 is 5.97 Å². The summed E-state index contributed by atoms with van der Waals surface area (Å²) in [5, 5.41) is 0.622. The van der Waals surface area contributed by atoms with Gasteiger partial charge in [-0.2, -0.15) is 0 Å². The molecule has 0 spiro atoms. The number of amides is 2. The number of benzene rings is 2. The minimum atomic E-state index is -0.673. The predicted molar refractivity (Wildman–Crippen MR) is 118 cm³/mol. The highest BCUT2D eigenvalue weighted by molar-refractivity contribution is 7.98. The lowest BCUT2D eigenvalue weighted by atomic mass is 10.2. The van der Waals surface area contributed by atoms with Gasteiger partial charge in [0.2, 0.25) is 5.91 Å². The molecule has 0 unspecified atom stereocenters. The molecule has 0 aliphatic rings. The van der Waals surface area contributed by atoms with Crippen LogP contribution in [0.25, 0.3) is 5.69 Å². The van der Waals surface area contributed by atoms with E-state index >= 15 is 0 Å². The fourth-order valence-corrected chi connectivity index (χ4v) is 3.50. The summed E-state index contributed by atoms with van der Waals surface area (Å²) in [4.78, 5) is 42.4. The predicted octanol–water partition coefficient (Wildman–Crippen LogP) is 2.66. The van der Waals surface area contributed by atoms with Crippen LogP contribution in [-0.2, 0) is 14.3 Å². The van der Waals surface area contributed by atoms with E-state index in [1.54, 1.807) is 28.8 Å². The molecule has 2 amide bonds. The van der Waals surface area contributed by atoms with Gasteiger partial charge in [0.1, 0.15) is 0 Å². The van der Waals surface area contributed by atoms with Crippen molar-refractivity contribution in [1.29, 1.82) is 0 Å². The van der Waals surface area contributed by atoms with Crippen LogP contribution in [0, 0.1) is 0 Å². The van der Waals surface area contributed by atoms with Crippen LogP contribution < -0.4 is 10.6 Å². The standard InChI is InChI=1S/C22H22N4O4S/c1-31-22-24-14-18(26(22)17-10-6-3-7-11-17)21(29)30-15-20(28)25(13-12-19(23)27)16-8-4-2-5-9-16/h2-11,14H,12-13,15H2,1H3,(H2,23,27). The van der Waals surface area contributed by atoms with Gasteiger partial charge in [-0.1, -0.05) is 48.2 Å². The van der Waals surface area contributed by atoms with Gasteiger partial charge in [-0.15, -0.1) is 0 Å². The molecule has 3 aromatic rings. The SMILES string of the molecule is CSc1ncc(C(=O)OCC(=O)N(CCC(N)=O)c2ccccc2)n1-c1ccccc1. The number of para-hydroxylation sites is 2. The number of esters is 1. The minimum Gasteiger partial charge on any atom is -0.451 e. The quantitative estimate of drug-likeness (QED) is 0.407. The lowest BCUT2D eigenvalue weighted by Crippen LogP contribution is -2.37. The molecule has 31 heavy (non-hydrogen) atoms. The Morgan fingerprint density at radius 2 is 1.71 bits per heavy atom. The maximum absolute atomic E-state index is 12.8. The van der Waals surface area contributed by atoms with E-state index in [4.69, 9.17) is 10.5 Å². The topological polar surface area (TPSA) is 108 Å². The third-order valence-electron chi connectivity index (χ3n) is 4.41. The number of hydrogen-bond acceptors (Lipinski definition) is 6. The van der Waals surface area contributed by atoms with Crippen molar-refractivity contribution in [2.24, 2.45) is 5.73 Å². The van der Waals surface area contributed by atoms with Crippen LogP contribution in [0.1, 0.15) is 16.9 Å². The average Bonchev–Trinajstić information content (AvgIpc) is 3.23. The molecule has 8 nitrogen and oxygen atoms in total. The second-order valence-corrected chi connectivity index (χ2v) is 7.25. The molecule has 0 atom stereocenters. The van der Waals surface area contributed by atoms with Crippen LogP contribution in [0.5, 0.6) is 0 Å². The average molecular weight is 439 g/mol. The summed E-state index contributed by atoms with van der Waals surface area (Å²) in [6.07, 6.45) is 3.27. The van der Waals surface area contributed by atoms with Crippen molar-refractivity contribution in [3.8, 4) is 5.69 Å². The van der Waals surface area contributed by atoms with Crippen molar-refractivity contribution in [3.63, 3.8) is 0 Å². The Bertz CT molecular complexity index is 1050. The highest BCUT2D eigenvalue weighted by Crippen LogP contribution is 2.22. The van der Waals surface area contributed by atoms with Gasteiger partial charge in [0.25, 0.3) is 5.91 Å². The highest BCUT2D eigenvalue weighted by atomic mass is 32.2. The molecule has 3 rings (SSSR count). The number of imidazole rings is 1. The van der Waals surface area contributed by atoms with E-state index in [1.807, 2.05) is 42.7 Å². The van der Waals surface area contributed by atoms with Crippen LogP contribution in [0.4, 0.5) is 5.69 Å². The molecule has 160 valence electrons. The number of nitrogens with zero attached hydrogens (tertiary/aromatic N) is 3. The molecule has 1 aromatic heterocycles. The molecule has 0 fully saturated rings. The number of thioether (sulfide) groups is 1. The normalized spacial score (nSPS) is 10.5. The fourth-order valence-electron chi connectivity index (χ4n) is 2.96. The van der Waals surface area contributed by atoms with Gasteiger partial charge in [0.15, 0.2) is 17.5 Å². The highest BCUT2D eigenvalue weighted by Gasteiger charge is 2.22. The van der Waals surface area contributed by atoms with Gasteiger partial charge in [-0.25, -0.2) is 9.78 Å². The number of primary amides is 1. The Labute approximate surface area is 184 Å². The first-order valence-corrected chi connectivity index (χ1v) is 10.7. The summed E-state index contributed by atoms with van der Waals surface area (Å²) < 4.78 is 6.98. The van der Waals surface area contributed by atoms with Crippen molar-refractivity contribution >= 4 is 35.2 Å². The zero-order chi connectivity index (χ0) is 22.2. The van der Waals surface area contributed by atoms with E-state index in [0.717, 1.165) is 5.69 Å². The first kappa shape index (κ1) is 22.1. The smallest absolute Gasteiger partial charge is 0.357 e. The van der Waals surface area contributed by atoms with Crippen molar-refractivity contribution in [2.75, 3.05) is 24.3 Å². The summed E-state index contributed by atoms with van der Waals surface area (Å²) in [6.45, 7) is -0.393. The number of nitrogens with two attached hydrogens (primary N) is 1. The number of ether oxygens (including phenoxy) is 1. The molecular weight excluding hydrogens is 416 g/mol. The summed E-state index contributed by atoms with van der Waals surface area (Å²) in [5.41, 5.74) is 6.79. The van der Waals surface area contributed by atoms with Crippen LogP contribution in [0.2, 0.25) is 0 Å². The zero-order valence-corrected chi connectivity index (χ0v) is 17.7. The van der Waals surface area contributed by atoms with Gasteiger partial charge < -0.3 is 15.4 Å². The van der Waals surface area contributed by atoms with E-state index in [-0.39, 0.29) is 18.7 Å². The Balaban J connectivity index is 1.76. The van der Waals surface area contributed by atoms with E-state index in [1.165, 1.54) is 22.9 Å². The first-order chi connectivity index (χ1) is 15.0. The molecule has 9 heteroatoms. The second kappa shape index (κ2) is 10.4. The Kier molecular flexibility index (Phi) is 7.45. The molecule has 2 N–H and O–H groups in total. The molecule has 0 bridgehead atoms. The Morgan fingerprint density at radius 3 is 2.32 bits per heavy atom. The number of rotatable bonds is 9. The van der Waals surface area contributed by atoms with Gasteiger partial charge in [-0.05, 0) is 30.5 Å². The van der Waals surface area contributed by atoms with Crippen molar-refractivity contribution in [3.05, 3.63) is 72.6 Å². The summed E-state index contributed by atoms with van der Waals surface area (Å²) in [6, 6.07) is 18.1. The number of hydrogen-bond donors (Lipinski definition) is 1. The summed E-state index contributed by atoms with van der Waals surface area (Å²) >= 11 is 1.39. The van der Waals surface area contributed by atoms with Crippen LogP contribution in [0.15, 0.2) is 72.0 Å². The first-order valence-electron chi connectivity index (χ1n) is 9.49. The van der Waals surface area contributed by atoms with E-state index < -0.39 is 24.4 Å². The van der Waals surface area contributed by atoms with Crippen molar-refractivity contribution in [1.82, 2.24) is 9.55 Å². The molecule has 0 aliphatic carbocycles. The van der Waals surface area contributed by atoms with E-state index in [9.17, 15) is 14.4 Å². The molecular formula is C22H22N4O4S. The third kappa shape index (κ3) is 5.52. The minimum absolute atomic E-state index is 0.00750. The van der Waals surface area contributed by atoms with Crippen LogP contribution in [-0.4, -0.2) is 46.7 Å². The molecule has 0 radical (unpaired) electrons. The molecule has 0 saturated heterocycles. The maximum Gasteiger partial charge on any atom is 0.357 e. The summed E-state index contributed by atoms with van der Waals surface area (Å²) in [5.74, 6) is -1.66.